The van der Waals surface area contributed by atoms with E-state index in [1.807, 2.05) is 49.4 Å². The second-order valence-electron chi connectivity index (χ2n) is 6.02. The van der Waals surface area contributed by atoms with Crippen molar-refractivity contribution in [2.75, 3.05) is 13.6 Å². The van der Waals surface area contributed by atoms with E-state index in [9.17, 15) is 9.90 Å². The number of aromatic nitrogens is 2. The largest absolute Gasteiger partial charge is 0.460 e. The number of aryl methyl sites for hydroxylation is 1. The van der Waals surface area contributed by atoms with Gasteiger partial charge in [0.25, 0.3) is 5.91 Å². The van der Waals surface area contributed by atoms with Gasteiger partial charge >= 0.3 is 0 Å². The standard InChI is InChI=1S/C19H21N3O3/c1-13-8-9-18(25-13)15-12-16(21-20-15)19(24)22(2)11-10-17(23)14-6-4-3-5-7-14/h3-9,12,17,23H,10-11H2,1-2H3,(H,20,21). The molecule has 0 bridgehead atoms. The molecule has 0 aliphatic carbocycles. The fourth-order valence-electron chi connectivity index (χ4n) is 2.59. The summed E-state index contributed by atoms with van der Waals surface area (Å²) in [6.07, 6.45) is -0.140. The van der Waals surface area contributed by atoms with Crippen molar-refractivity contribution in [3.63, 3.8) is 0 Å². The molecule has 0 aliphatic rings. The Hall–Kier alpha value is -2.86. The van der Waals surface area contributed by atoms with Gasteiger partial charge in [-0.05, 0) is 31.0 Å². The Morgan fingerprint density at radius 2 is 2.04 bits per heavy atom. The van der Waals surface area contributed by atoms with E-state index < -0.39 is 6.10 Å². The lowest BCUT2D eigenvalue weighted by Gasteiger charge is -2.18. The molecule has 6 nitrogen and oxygen atoms in total. The van der Waals surface area contributed by atoms with Gasteiger partial charge in [0.05, 0.1) is 6.10 Å². The third-order valence-corrected chi connectivity index (χ3v) is 4.07. The summed E-state index contributed by atoms with van der Waals surface area (Å²) in [6, 6.07) is 14.8. The van der Waals surface area contributed by atoms with Crippen molar-refractivity contribution < 1.29 is 14.3 Å². The first-order chi connectivity index (χ1) is 12.0. The maximum Gasteiger partial charge on any atom is 0.274 e. The van der Waals surface area contributed by atoms with Gasteiger partial charge in [-0.15, -0.1) is 0 Å². The summed E-state index contributed by atoms with van der Waals surface area (Å²) in [4.78, 5) is 14.0. The number of hydrogen-bond acceptors (Lipinski definition) is 4. The first kappa shape index (κ1) is 17.0. The third-order valence-electron chi connectivity index (χ3n) is 4.07. The van der Waals surface area contributed by atoms with Crippen LogP contribution in [-0.4, -0.2) is 39.7 Å². The average molecular weight is 339 g/mol. The van der Waals surface area contributed by atoms with Crippen molar-refractivity contribution in [2.24, 2.45) is 0 Å². The SMILES string of the molecule is Cc1ccc(-c2cc(C(=O)N(C)CCC(O)c3ccccc3)n[nH]2)o1. The van der Waals surface area contributed by atoms with E-state index in [1.165, 1.54) is 0 Å². The van der Waals surface area contributed by atoms with Gasteiger partial charge in [-0.25, -0.2) is 0 Å². The smallest absolute Gasteiger partial charge is 0.274 e. The van der Waals surface area contributed by atoms with Gasteiger partial charge in [0, 0.05) is 19.7 Å². The normalized spacial score (nSPS) is 12.1. The highest BCUT2D eigenvalue weighted by molar-refractivity contribution is 5.93. The van der Waals surface area contributed by atoms with Gasteiger partial charge in [0.2, 0.25) is 0 Å². The second kappa shape index (κ2) is 7.36. The molecule has 25 heavy (non-hydrogen) atoms. The Balaban J connectivity index is 1.60. The first-order valence-corrected chi connectivity index (χ1v) is 8.15. The number of hydrogen-bond donors (Lipinski definition) is 2. The number of furan rings is 1. The number of nitrogens with one attached hydrogen (secondary N) is 1. The molecule has 0 saturated heterocycles. The highest BCUT2D eigenvalue weighted by Gasteiger charge is 2.18. The monoisotopic (exact) mass is 339 g/mol. The van der Waals surface area contributed by atoms with E-state index in [0.29, 0.717) is 30.1 Å². The van der Waals surface area contributed by atoms with Crippen LogP contribution in [0.4, 0.5) is 0 Å². The molecule has 130 valence electrons. The van der Waals surface area contributed by atoms with Gasteiger partial charge in [0.1, 0.15) is 11.5 Å². The van der Waals surface area contributed by atoms with E-state index in [4.69, 9.17) is 4.42 Å². The zero-order chi connectivity index (χ0) is 17.8. The molecule has 6 heteroatoms. The van der Waals surface area contributed by atoms with Crippen LogP contribution in [0.15, 0.2) is 52.9 Å². The molecular formula is C19H21N3O3. The van der Waals surface area contributed by atoms with Crippen molar-refractivity contribution in [1.82, 2.24) is 15.1 Å². The van der Waals surface area contributed by atoms with Crippen LogP contribution in [0, 0.1) is 6.92 Å². The van der Waals surface area contributed by atoms with E-state index in [-0.39, 0.29) is 5.91 Å². The molecule has 1 amide bonds. The minimum atomic E-state index is -0.600. The summed E-state index contributed by atoms with van der Waals surface area (Å²) in [5.41, 5.74) is 1.83. The van der Waals surface area contributed by atoms with Crippen LogP contribution in [0.3, 0.4) is 0 Å². The molecule has 1 unspecified atom stereocenters. The number of aliphatic hydroxyl groups excluding tert-OH is 1. The predicted molar refractivity (Wildman–Crippen MR) is 94.0 cm³/mol. The zero-order valence-corrected chi connectivity index (χ0v) is 14.3. The fraction of sp³-hybridized carbons (Fsp3) is 0.263. The Morgan fingerprint density at radius 3 is 2.72 bits per heavy atom. The van der Waals surface area contributed by atoms with Gasteiger partial charge in [0.15, 0.2) is 11.5 Å². The Kier molecular flexibility index (Phi) is 5.00. The maximum atomic E-state index is 12.5. The first-order valence-electron chi connectivity index (χ1n) is 8.15. The van der Waals surface area contributed by atoms with Gasteiger partial charge in [-0.1, -0.05) is 30.3 Å². The number of benzene rings is 1. The van der Waals surface area contributed by atoms with Crippen LogP contribution >= 0.6 is 0 Å². The van der Waals surface area contributed by atoms with Gasteiger partial charge < -0.3 is 14.4 Å². The molecule has 1 aromatic carbocycles. The molecular weight excluding hydrogens is 318 g/mol. The lowest BCUT2D eigenvalue weighted by Crippen LogP contribution is -2.29. The van der Waals surface area contributed by atoms with E-state index >= 15 is 0 Å². The van der Waals surface area contributed by atoms with Gasteiger partial charge in [-0.3, -0.25) is 9.89 Å². The molecule has 0 radical (unpaired) electrons. The molecule has 2 N–H and O–H groups in total. The molecule has 3 rings (SSSR count). The predicted octanol–water partition coefficient (Wildman–Crippen LogP) is 3.17. The molecule has 2 aromatic heterocycles. The number of H-pyrrole nitrogens is 1. The number of amides is 1. The summed E-state index contributed by atoms with van der Waals surface area (Å²) in [5.74, 6) is 1.24. The highest BCUT2D eigenvalue weighted by Crippen LogP contribution is 2.21. The molecule has 3 aromatic rings. The Morgan fingerprint density at radius 1 is 1.28 bits per heavy atom. The minimum absolute atomic E-state index is 0.203. The zero-order valence-electron chi connectivity index (χ0n) is 14.3. The van der Waals surface area contributed by atoms with Crippen molar-refractivity contribution >= 4 is 5.91 Å². The van der Waals surface area contributed by atoms with Gasteiger partial charge in [-0.2, -0.15) is 5.10 Å². The molecule has 0 fully saturated rings. The molecule has 1 atom stereocenters. The number of carbonyl (C=O) groups excluding carboxylic acids is 1. The van der Waals surface area contributed by atoms with E-state index in [2.05, 4.69) is 10.2 Å². The van der Waals surface area contributed by atoms with Crippen LogP contribution in [0.1, 0.15) is 34.3 Å². The quantitative estimate of drug-likeness (QED) is 0.722. The molecule has 0 saturated carbocycles. The van der Waals surface area contributed by atoms with Crippen LogP contribution in [-0.2, 0) is 0 Å². The summed E-state index contributed by atoms with van der Waals surface area (Å²) in [6.45, 7) is 2.29. The van der Waals surface area contributed by atoms with Crippen molar-refractivity contribution in [3.8, 4) is 11.5 Å². The summed E-state index contributed by atoms with van der Waals surface area (Å²) in [7, 11) is 1.70. The van der Waals surface area contributed by atoms with Crippen molar-refractivity contribution in [1.29, 1.82) is 0 Å². The topological polar surface area (TPSA) is 82.4 Å². The second-order valence-corrected chi connectivity index (χ2v) is 6.02. The Bertz CT molecular complexity index is 838. The number of aromatic amines is 1. The third kappa shape index (κ3) is 3.97. The van der Waals surface area contributed by atoms with Crippen LogP contribution in [0.2, 0.25) is 0 Å². The molecule has 2 heterocycles. The number of carbonyl (C=O) groups is 1. The fourth-order valence-corrected chi connectivity index (χ4v) is 2.59. The maximum absolute atomic E-state index is 12.5. The molecule has 0 spiro atoms. The van der Waals surface area contributed by atoms with Crippen LogP contribution in [0.5, 0.6) is 0 Å². The van der Waals surface area contributed by atoms with Crippen molar-refractivity contribution in [3.05, 3.63) is 65.5 Å². The lowest BCUT2D eigenvalue weighted by atomic mass is 10.1. The van der Waals surface area contributed by atoms with E-state index in [1.54, 1.807) is 18.0 Å². The Labute approximate surface area is 146 Å². The highest BCUT2D eigenvalue weighted by atomic mass is 16.3. The number of rotatable bonds is 6. The summed E-state index contributed by atoms with van der Waals surface area (Å²) in [5, 5.41) is 17.1. The summed E-state index contributed by atoms with van der Waals surface area (Å²) < 4.78 is 5.52. The van der Waals surface area contributed by atoms with Crippen molar-refractivity contribution in [2.45, 2.75) is 19.4 Å². The number of nitrogens with zero attached hydrogens (tertiary/aromatic N) is 2. The number of aliphatic hydroxyl groups is 1. The van der Waals surface area contributed by atoms with Crippen LogP contribution < -0.4 is 0 Å². The molecule has 0 aliphatic heterocycles. The lowest BCUT2D eigenvalue weighted by molar-refractivity contribution is 0.0755. The van der Waals surface area contributed by atoms with Crippen LogP contribution in [0.25, 0.3) is 11.5 Å². The average Bonchev–Trinajstić information content (AvgIpc) is 3.28. The minimum Gasteiger partial charge on any atom is -0.460 e. The summed E-state index contributed by atoms with van der Waals surface area (Å²) >= 11 is 0. The van der Waals surface area contributed by atoms with E-state index in [0.717, 1.165) is 11.3 Å².